The Balaban J connectivity index is 1.42. The number of hydrogen-bond acceptors (Lipinski definition) is 5. The van der Waals surface area contributed by atoms with Crippen LogP contribution in [0.4, 0.5) is 0 Å². The first-order valence-electron chi connectivity index (χ1n) is 9.33. The van der Waals surface area contributed by atoms with Gasteiger partial charge in [0.05, 0.1) is 12.2 Å². The zero-order valence-electron chi connectivity index (χ0n) is 15.3. The van der Waals surface area contributed by atoms with Gasteiger partial charge in [0, 0.05) is 36.0 Å². The minimum Gasteiger partial charge on any atom is -0.388 e. The third-order valence-corrected chi connectivity index (χ3v) is 6.43. The summed E-state index contributed by atoms with van der Waals surface area (Å²) in [5, 5.41) is 26.7. The molecule has 142 valence electrons. The second-order valence-corrected chi connectivity index (χ2v) is 8.76. The van der Waals surface area contributed by atoms with Gasteiger partial charge in [-0.1, -0.05) is 11.6 Å². The molecule has 5 rings (SSSR count). The summed E-state index contributed by atoms with van der Waals surface area (Å²) in [6.07, 6.45) is 2.14. The van der Waals surface area contributed by atoms with E-state index >= 15 is 0 Å². The van der Waals surface area contributed by atoms with Crippen LogP contribution in [0, 0.1) is 10.8 Å². The summed E-state index contributed by atoms with van der Waals surface area (Å²) in [4.78, 5) is 4.20. The lowest BCUT2D eigenvalue weighted by atomic mass is 9.57. The third-order valence-electron chi connectivity index (χ3n) is 6.20. The Hall–Kier alpha value is -1.96. The summed E-state index contributed by atoms with van der Waals surface area (Å²) in [7, 11) is 2.09. The van der Waals surface area contributed by atoms with Crippen LogP contribution in [0.1, 0.15) is 36.0 Å². The van der Waals surface area contributed by atoms with Gasteiger partial charge in [0.25, 0.3) is 0 Å². The van der Waals surface area contributed by atoms with Gasteiger partial charge in [0.1, 0.15) is 18.3 Å². The fraction of sp³-hybridized carbons (Fsp3) is 0.526. The van der Waals surface area contributed by atoms with Crippen molar-refractivity contribution in [2.75, 3.05) is 26.7 Å². The van der Waals surface area contributed by atoms with E-state index in [2.05, 4.69) is 32.8 Å². The maximum absolute atomic E-state index is 9.13. The van der Waals surface area contributed by atoms with Gasteiger partial charge in [-0.2, -0.15) is 0 Å². The Morgan fingerprint density at radius 3 is 2.81 bits per heavy atom. The van der Waals surface area contributed by atoms with Crippen molar-refractivity contribution in [3.8, 4) is 5.69 Å². The van der Waals surface area contributed by atoms with Crippen molar-refractivity contribution in [2.45, 2.75) is 31.8 Å². The normalized spacial score (nSPS) is 21.2. The number of fused-ring (bicyclic) bond motifs is 3. The summed E-state index contributed by atoms with van der Waals surface area (Å²) in [5.41, 5.74) is 2.62. The zero-order chi connectivity index (χ0) is 18.8. The molecule has 0 amide bonds. The molecule has 1 saturated heterocycles. The second kappa shape index (κ2) is 6.02. The molecule has 7 nitrogen and oxygen atoms in total. The standard InChI is InChI=1S/C19H23ClN6O/c1-24-7-12-4-14(20)2-3-15(12)26-17(8-24)22-23-18(26)13-5-19(6-13)10-25(11-19)16(21)9-27/h2-4,13,21,27H,5-11H2,1H3. The number of rotatable bonds is 2. The fourth-order valence-corrected chi connectivity index (χ4v) is 5.12. The number of likely N-dealkylation sites (tertiary alicyclic amines) is 1. The van der Waals surface area contributed by atoms with Gasteiger partial charge in [-0.05, 0) is 43.7 Å². The molecular weight excluding hydrogens is 364 g/mol. The van der Waals surface area contributed by atoms with E-state index in [0.29, 0.717) is 11.8 Å². The van der Waals surface area contributed by atoms with Crippen LogP contribution < -0.4 is 0 Å². The number of halogens is 1. The number of aromatic nitrogens is 3. The van der Waals surface area contributed by atoms with Crippen molar-refractivity contribution >= 4 is 17.4 Å². The van der Waals surface area contributed by atoms with E-state index in [1.807, 2.05) is 17.0 Å². The van der Waals surface area contributed by atoms with Gasteiger partial charge in [-0.15, -0.1) is 10.2 Å². The van der Waals surface area contributed by atoms with Crippen LogP contribution in [-0.4, -0.2) is 62.3 Å². The van der Waals surface area contributed by atoms with E-state index in [1.165, 1.54) is 5.56 Å². The van der Waals surface area contributed by atoms with Gasteiger partial charge in [-0.25, -0.2) is 0 Å². The van der Waals surface area contributed by atoms with E-state index in [0.717, 1.165) is 61.4 Å². The molecular formula is C19H23ClN6O. The number of nitrogens with zero attached hydrogens (tertiary/aromatic N) is 5. The maximum atomic E-state index is 9.13. The number of amidine groups is 1. The number of aliphatic hydroxyl groups is 1. The lowest BCUT2D eigenvalue weighted by Crippen LogP contribution is -2.63. The molecule has 1 spiro atoms. The topological polar surface area (TPSA) is 81.3 Å². The Morgan fingerprint density at radius 2 is 2.07 bits per heavy atom. The van der Waals surface area contributed by atoms with Crippen molar-refractivity contribution in [3.63, 3.8) is 0 Å². The number of nitrogens with one attached hydrogen (secondary N) is 1. The third kappa shape index (κ3) is 2.68. The average molecular weight is 387 g/mol. The van der Waals surface area contributed by atoms with Crippen molar-refractivity contribution in [2.24, 2.45) is 5.41 Å². The first kappa shape index (κ1) is 17.2. The van der Waals surface area contributed by atoms with Crippen molar-refractivity contribution in [1.29, 1.82) is 5.41 Å². The molecule has 8 heteroatoms. The molecule has 1 aromatic heterocycles. The van der Waals surface area contributed by atoms with Crippen LogP contribution in [0.3, 0.4) is 0 Å². The second-order valence-electron chi connectivity index (χ2n) is 8.32. The summed E-state index contributed by atoms with van der Waals surface area (Å²) < 4.78 is 2.24. The Labute approximate surface area is 163 Å². The van der Waals surface area contributed by atoms with Crippen molar-refractivity contribution in [1.82, 2.24) is 24.6 Å². The maximum Gasteiger partial charge on any atom is 0.151 e. The van der Waals surface area contributed by atoms with E-state index in [-0.39, 0.29) is 12.0 Å². The lowest BCUT2D eigenvalue weighted by molar-refractivity contribution is -0.0391. The molecule has 1 saturated carbocycles. The van der Waals surface area contributed by atoms with E-state index in [1.54, 1.807) is 0 Å². The molecule has 0 bridgehead atoms. The monoisotopic (exact) mass is 386 g/mol. The minimum atomic E-state index is -0.177. The van der Waals surface area contributed by atoms with Crippen LogP contribution >= 0.6 is 11.6 Å². The van der Waals surface area contributed by atoms with Gasteiger partial charge >= 0.3 is 0 Å². The van der Waals surface area contributed by atoms with Gasteiger partial charge < -0.3 is 10.0 Å². The van der Waals surface area contributed by atoms with Crippen LogP contribution in [0.15, 0.2) is 18.2 Å². The number of benzene rings is 1. The lowest BCUT2D eigenvalue weighted by Gasteiger charge is -2.59. The minimum absolute atomic E-state index is 0.177. The van der Waals surface area contributed by atoms with E-state index in [4.69, 9.17) is 22.1 Å². The highest BCUT2D eigenvalue weighted by Crippen LogP contribution is 2.56. The first-order valence-corrected chi connectivity index (χ1v) is 9.71. The Morgan fingerprint density at radius 1 is 1.30 bits per heavy atom. The molecule has 1 aromatic carbocycles. The SMILES string of the molecule is CN1Cc2cc(Cl)ccc2-n2c(nnc2C2CC3(C2)CN(C(=N)CO)C3)C1. The Bertz CT molecular complexity index is 911. The molecule has 0 atom stereocenters. The molecule has 0 unspecified atom stereocenters. The molecule has 2 N–H and O–H groups in total. The molecule has 3 aliphatic rings. The molecule has 2 aliphatic heterocycles. The quantitative estimate of drug-likeness (QED) is 0.609. The molecule has 1 aliphatic carbocycles. The highest BCUT2D eigenvalue weighted by atomic mass is 35.5. The van der Waals surface area contributed by atoms with Crippen LogP contribution in [0.2, 0.25) is 5.02 Å². The highest BCUT2D eigenvalue weighted by Gasteiger charge is 2.54. The summed E-state index contributed by atoms with van der Waals surface area (Å²) in [6.45, 7) is 3.17. The average Bonchev–Trinajstić information content (AvgIpc) is 2.89. The van der Waals surface area contributed by atoms with Crippen molar-refractivity contribution < 1.29 is 5.11 Å². The van der Waals surface area contributed by atoms with Gasteiger partial charge in [0.2, 0.25) is 0 Å². The number of hydrogen-bond donors (Lipinski definition) is 2. The van der Waals surface area contributed by atoms with Gasteiger partial charge in [-0.3, -0.25) is 14.9 Å². The van der Waals surface area contributed by atoms with Crippen LogP contribution in [0.5, 0.6) is 0 Å². The molecule has 0 radical (unpaired) electrons. The highest BCUT2D eigenvalue weighted by molar-refractivity contribution is 6.30. The fourth-order valence-electron chi connectivity index (χ4n) is 4.93. The molecule has 27 heavy (non-hydrogen) atoms. The van der Waals surface area contributed by atoms with E-state index < -0.39 is 0 Å². The first-order chi connectivity index (χ1) is 13.0. The smallest absolute Gasteiger partial charge is 0.151 e. The summed E-state index contributed by atoms with van der Waals surface area (Å²) in [6, 6.07) is 6.06. The molecule has 3 heterocycles. The summed E-state index contributed by atoms with van der Waals surface area (Å²) in [5.74, 6) is 2.75. The largest absolute Gasteiger partial charge is 0.388 e. The molecule has 2 aromatic rings. The van der Waals surface area contributed by atoms with Crippen molar-refractivity contribution in [3.05, 3.63) is 40.4 Å². The Kier molecular flexibility index (Phi) is 3.83. The van der Waals surface area contributed by atoms with Gasteiger partial charge in [0.15, 0.2) is 5.82 Å². The number of aliphatic hydroxyl groups excluding tert-OH is 1. The predicted octanol–water partition coefficient (Wildman–Crippen LogP) is 2.02. The summed E-state index contributed by atoms with van der Waals surface area (Å²) >= 11 is 6.24. The van der Waals surface area contributed by atoms with Crippen LogP contribution in [0.25, 0.3) is 5.69 Å². The van der Waals surface area contributed by atoms with E-state index in [9.17, 15) is 0 Å². The molecule has 2 fully saturated rings. The zero-order valence-corrected chi connectivity index (χ0v) is 16.1. The predicted molar refractivity (Wildman–Crippen MR) is 102 cm³/mol. The van der Waals surface area contributed by atoms with Crippen LogP contribution in [-0.2, 0) is 13.1 Å².